The van der Waals surface area contributed by atoms with Gasteiger partial charge in [-0.3, -0.25) is 0 Å². The maximum atomic E-state index is 13.8. The highest BCUT2D eigenvalue weighted by Crippen LogP contribution is 2.33. The minimum atomic E-state index is -4.62. The summed E-state index contributed by atoms with van der Waals surface area (Å²) in [6.07, 6.45) is -4.25. The number of benzene rings is 2. The van der Waals surface area contributed by atoms with Crippen LogP contribution in [-0.4, -0.2) is 36.9 Å². The molecule has 1 aliphatic heterocycles. The zero-order valence-corrected chi connectivity index (χ0v) is 17.0. The molecule has 0 saturated carbocycles. The van der Waals surface area contributed by atoms with Crippen molar-refractivity contribution in [2.75, 3.05) is 13.1 Å². The number of sulfonamides is 1. The molecular weight excluding hydrogens is 444 g/mol. The molecule has 2 aromatic carbocycles. The molecule has 1 aromatic heterocycles. The number of alkyl halides is 3. The van der Waals surface area contributed by atoms with Crippen molar-refractivity contribution in [3.8, 4) is 5.19 Å². The molecule has 30 heavy (non-hydrogen) atoms. The Hall–Kier alpha value is -2.24. The van der Waals surface area contributed by atoms with Gasteiger partial charge < -0.3 is 4.74 Å². The normalized spacial score (nSPS) is 16.8. The number of rotatable bonds is 4. The highest BCUT2D eigenvalue weighted by atomic mass is 32.2. The van der Waals surface area contributed by atoms with E-state index in [0.717, 1.165) is 22.5 Å². The predicted octanol–water partition coefficient (Wildman–Crippen LogP) is 4.69. The van der Waals surface area contributed by atoms with Gasteiger partial charge in [0.15, 0.2) is 0 Å². The average Bonchev–Trinajstić information content (AvgIpc) is 3.12. The summed E-state index contributed by atoms with van der Waals surface area (Å²) in [5.41, 5.74) is -0.785. The number of fused-ring (bicyclic) bond motifs is 1. The van der Waals surface area contributed by atoms with E-state index in [-0.39, 0.29) is 24.7 Å². The lowest BCUT2D eigenvalue weighted by atomic mass is 10.1. The van der Waals surface area contributed by atoms with Crippen LogP contribution in [0.1, 0.15) is 18.4 Å². The average molecular weight is 460 g/mol. The van der Waals surface area contributed by atoms with Crippen molar-refractivity contribution in [3.63, 3.8) is 0 Å². The Morgan fingerprint density at radius 2 is 1.80 bits per heavy atom. The number of halogens is 4. The molecule has 0 unspecified atom stereocenters. The van der Waals surface area contributed by atoms with Crippen LogP contribution in [0.15, 0.2) is 47.4 Å². The molecule has 1 saturated heterocycles. The van der Waals surface area contributed by atoms with E-state index in [4.69, 9.17) is 4.74 Å². The second kappa shape index (κ2) is 7.78. The highest BCUT2D eigenvalue weighted by molar-refractivity contribution is 7.89. The summed E-state index contributed by atoms with van der Waals surface area (Å²) in [5, 5.41) is 0.300. The van der Waals surface area contributed by atoms with Crippen LogP contribution in [0.4, 0.5) is 17.6 Å². The SMILES string of the molecule is O=S(=O)(c1cccc(C(F)(F)F)c1)N1CCC(Oc2nc3c(F)cccc3s2)CC1. The summed E-state index contributed by atoms with van der Waals surface area (Å²) in [5.74, 6) is -0.444. The van der Waals surface area contributed by atoms with Crippen LogP contribution >= 0.6 is 11.3 Å². The zero-order valence-electron chi connectivity index (χ0n) is 15.4. The van der Waals surface area contributed by atoms with E-state index < -0.39 is 32.5 Å². The second-order valence-electron chi connectivity index (χ2n) is 6.81. The van der Waals surface area contributed by atoms with Gasteiger partial charge in [-0.25, -0.2) is 12.8 Å². The maximum Gasteiger partial charge on any atom is 0.416 e. The summed E-state index contributed by atoms with van der Waals surface area (Å²) < 4.78 is 85.6. The lowest BCUT2D eigenvalue weighted by Gasteiger charge is -2.30. The summed E-state index contributed by atoms with van der Waals surface area (Å²) in [7, 11) is -4.05. The number of para-hydroxylation sites is 1. The van der Waals surface area contributed by atoms with Crippen molar-refractivity contribution in [2.24, 2.45) is 0 Å². The number of hydrogen-bond acceptors (Lipinski definition) is 5. The minimum Gasteiger partial charge on any atom is -0.467 e. The molecule has 160 valence electrons. The van der Waals surface area contributed by atoms with E-state index in [0.29, 0.717) is 28.8 Å². The van der Waals surface area contributed by atoms with E-state index in [1.165, 1.54) is 17.4 Å². The number of aromatic nitrogens is 1. The van der Waals surface area contributed by atoms with Gasteiger partial charge in [-0.15, -0.1) is 0 Å². The fraction of sp³-hybridized carbons (Fsp3) is 0.316. The number of hydrogen-bond donors (Lipinski definition) is 0. The van der Waals surface area contributed by atoms with Crippen molar-refractivity contribution in [1.29, 1.82) is 0 Å². The van der Waals surface area contributed by atoms with Crippen LogP contribution in [0.25, 0.3) is 10.2 Å². The van der Waals surface area contributed by atoms with Gasteiger partial charge in [0.25, 0.3) is 5.19 Å². The predicted molar refractivity (Wildman–Crippen MR) is 103 cm³/mol. The van der Waals surface area contributed by atoms with Crippen LogP contribution in [-0.2, 0) is 16.2 Å². The Balaban J connectivity index is 1.44. The molecule has 3 aromatic rings. The smallest absolute Gasteiger partial charge is 0.416 e. The van der Waals surface area contributed by atoms with Crippen LogP contribution in [0.3, 0.4) is 0 Å². The standard InChI is InChI=1S/C19H16F4N2O3S2/c20-15-5-2-6-16-17(15)24-18(29-16)28-13-7-9-25(10-8-13)30(26,27)14-4-1-3-12(11-14)19(21,22)23/h1-6,11,13H,7-10H2. The van der Waals surface area contributed by atoms with E-state index >= 15 is 0 Å². The third-order valence-electron chi connectivity index (χ3n) is 4.82. The molecule has 0 spiro atoms. The largest absolute Gasteiger partial charge is 0.467 e. The van der Waals surface area contributed by atoms with Gasteiger partial charge in [-0.05, 0) is 43.2 Å². The van der Waals surface area contributed by atoms with E-state index in [1.807, 2.05) is 0 Å². The van der Waals surface area contributed by atoms with Crippen molar-refractivity contribution in [1.82, 2.24) is 9.29 Å². The summed E-state index contributed by atoms with van der Waals surface area (Å²) in [4.78, 5) is 3.75. The molecule has 4 rings (SSSR count). The van der Waals surface area contributed by atoms with E-state index in [9.17, 15) is 26.0 Å². The van der Waals surface area contributed by atoms with Crippen molar-refractivity contribution in [2.45, 2.75) is 30.0 Å². The zero-order chi connectivity index (χ0) is 21.5. The Labute approximate surface area is 174 Å². The van der Waals surface area contributed by atoms with Crippen LogP contribution in [0.2, 0.25) is 0 Å². The third kappa shape index (κ3) is 4.14. The first-order chi connectivity index (χ1) is 14.1. The molecule has 2 heterocycles. The van der Waals surface area contributed by atoms with Crippen LogP contribution in [0.5, 0.6) is 5.19 Å². The van der Waals surface area contributed by atoms with Gasteiger partial charge in [0.2, 0.25) is 10.0 Å². The van der Waals surface area contributed by atoms with Gasteiger partial charge in [0, 0.05) is 13.1 Å². The number of nitrogens with zero attached hydrogens (tertiary/aromatic N) is 2. The summed E-state index contributed by atoms with van der Waals surface area (Å²) in [6.45, 7) is 0.199. The molecule has 0 atom stereocenters. The molecule has 0 N–H and O–H groups in total. The molecule has 5 nitrogen and oxygen atoms in total. The Bertz CT molecular complexity index is 1170. The van der Waals surface area contributed by atoms with Gasteiger partial charge >= 0.3 is 6.18 Å². The molecule has 1 aliphatic rings. The first-order valence-corrected chi connectivity index (χ1v) is 11.3. The highest BCUT2D eigenvalue weighted by Gasteiger charge is 2.34. The minimum absolute atomic E-state index is 0.0997. The monoisotopic (exact) mass is 460 g/mol. The first-order valence-electron chi connectivity index (χ1n) is 9.04. The topological polar surface area (TPSA) is 59.5 Å². The van der Waals surface area contributed by atoms with Gasteiger partial charge in [0.1, 0.15) is 17.4 Å². The van der Waals surface area contributed by atoms with E-state index in [2.05, 4.69) is 4.98 Å². The Kier molecular flexibility index (Phi) is 5.45. The van der Waals surface area contributed by atoms with E-state index in [1.54, 1.807) is 12.1 Å². The van der Waals surface area contributed by atoms with Crippen molar-refractivity contribution < 1.29 is 30.7 Å². The Morgan fingerprint density at radius 1 is 1.10 bits per heavy atom. The fourth-order valence-electron chi connectivity index (χ4n) is 3.26. The molecule has 1 fully saturated rings. The quantitative estimate of drug-likeness (QED) is 0.531. The molecule has 0 bridgehead atoms. The molecule has 0 aliphatic carbocycles. The van der Waals surface area contributed by atoms with Gasteiger partial charge in [-0.1, -0.05) is 23.5 Å². The third-order valence-corrected chi connectivity index (χ3v) is 7.62. The first kappa shape index (κ1) is 21.0. The fourth-order valence-corrected chi connectivity index (χ4v) is 5.67. The second-order valence-corrected chi connectivity index (χ2v) is 9.74. The maximum absolute atomic E-state index is 13.8. The Morgan fingerprint density at radius 3 is 2.47 bits per heavy atom. The lowest BCUT2D eigenvalue weighted by molar-refractivity contribution is -0.137. The van der Waals surface area contributed by atoms with Crippen LogP contribution < -0.4 is 4.74 Å². The molecule has 0 radical (unpaired) electrons. The van der Waals surface area contributed by atoms with Crippen molar-refractivity contribution in [3.05, 3.63) is 53.8 Å². The summed E-state index contributed by atoms with van der Waals surface area (Å²) in [6, 6.07) is 8.33. The van der Waals surface area contributed by atoms with Gasteiger partial charge in [0.05, 0.1) is 15.2 Å². The number of ether oxygens (including phenoxy) is 1. The van der Waals surface area contributed by atoms with Crippen molar-refractivity contribution >= 4 is 31.6 Å². The molecular formula is C19H16F4N2O3S2. The molecule has 0 amide bonds. The lowest BCUT2D eigenvalue weighted by Crippen LogP contribution is -2.41. The number of thiazole rings is 1. The number of piperidine rings is 1. The van der Waals surface area contributed by atoms with Crippen LogP contribution in [0, 0.1) is 5.82 Å². The molecule has 11 heteroatoms. The van der Waals surface area contributed by atoms with Gasteiger partial charge in [-0.2, -0.15) is 22.5 Å². The summed E-state index contributed by atoms with van der Waals surface area (Å²) >= 11 is 1.20.